The van der Waals surface area contributed by atoms with Gasteiger partial charge in [0.25, 0.3) is 0 Å². The van der Waals surface area contributed by atoms with Crippen LogP contribution in [0.15, 0.2) is 30.5 Å². The highest BCUT2D eigenvalue weighted by Gasteiger charge is 2.31. The molecule has 1 aromatic carbocycles. The zero-order valence-electron chi connectivity index (χ0n) is 14.2. The number of anilines is 1. The minimum absolute atomic E-state index is 0.00784. The zero-order valence-corrected chi connectivity index (χ0v) is 14.2. The minimum Gasteiger partial charge on any atom is -0.381 e. The smallest absolute Gasteiger partial charge is 0.232 e. The van der Waals surface area contributed by atoms with Gasteiger partial charge in [0.1, 0.15) is 0 Å². The number of aromatic nitrogens is 1. The lowest BCUT2D eigenvalue weighted by molar-refractivity contribution is -0.122. The van der Waals surface area contributed by atoms with Crippen LogP contribution in [0.25, 0.3) is 10.9 Å². The fourth-order valence-corrected chi connectivity index (χ4v) is 3.50. The first-order valence-corrected chi connectivity index (χ1v) is 8.54. The summed E-state index contributed by atoms with van der Waals surface area (Å²) in [5.74, 6) is 0.744. The SMILES string of the molecule is CC(C)C[C@H](C)N(C(=O)[C@H]1CCOC1)c1ccc2[nH]ccc2c1. The molecule has 2 heterocycles. The summed E-state index contributed by atoms with van der Waals surface area (Å²) in [6.45, 7) is 7.80. The summed E-state index contributed by atoms with van der Waals surface area (Å²) in [7, 11) is 0. The number of aromatic amines is 1. The highest BCUT2D eigenvalue weighted by Crippen LogP contribution is 2.28. The Morgan fingerprint density at radius 2 is 2.17 bits per heavy atom. The summed E-state index contributed by atoms with van der Waals surface area (Å²) >= 11 is 0. The quantitative estimate of drug-likeness (QED) is 0.907. The van der Waals surface area contributed by atoms with Gasteiger partial charge < -0.3 is 14.6 Å². The molecule has 1 aliphatic rings. The summed E-state index contributed by atoms with van der Waals surface area (Å²) < 4.78 is 5.43. The van der Waals surface area contributed by atoms with E-state index < -0.39 is 0 Å². The lowest BCUT2D eigenvalue weighted by Gasteiger charge is -2.32. The van der Waals surface area contributed by atoms with E-state index in [2.05, 4.69) is 37.9 Å². The van der Waals surface area contributed by atoms with Gasteiger partial charge in [-0.3, -0.25) is 4.79 Å². The van der Waals surface area contributed by atoms with Crippen molar-refractivity contribution in [2.75, 3.05) is 18.1 Å². The molecule has 0 aliphatic carbocycles. The number of carbonyl (C=O) groups excluding carboxylic acids is 1. The van der Waals surface area contributed by atoms with Gasteiger partial charge in [-0.2, -0.15) is 0 Å². The fourth-order valence-electron chi connectivity index (χ4n) is 3.50. The number of hydrogen-bond acceptors (Lipinski definition) is 2. The minimum atomic E-state index is -0.00784. The van der Waals surface area contributed by atoms with Gasteiger partial charge in [0, 0.05) is 35.4 Å². The summed E-state index contributed by atoms with van der Waals surface area (Å²) in [5.41, 5.74) is 2.09. The van der Waals surface area contributed by atoms with E-state index in [9.17, 15) is 4.79 Å². The maximum Gasteiger partial charge on any atom is 0.232 e. The van der Waals surface area contributed by atoms with Crippen molar-refractivity contribution in [3.63, 3.8) is 0 Å². The van der Waals surface area contributed by atoms with Gasteiger partial charge in [0.2, 0.25) is 5.91 Å². The molecule has 1 amide bonds. The Bertz CT molecular complexity index is 671. The number of nitrogens with zero attached hydrogens (tertiary/aromatic N) is 1. The van der Waals surface area contributed by atoms with E-state index in [0.29, 0.717) is 19.1 Å². The Hall–Kier alpha value is -1.81. The number of rotatable bonds is 5. The van der Waals surface area contributed by atoms with Crippen molar-refractivity contribution in [1.29, 1.82) is 0 Å². The highest BCUT2D eigenvalue weighted by molar-refractivity contribution is 5.98. The first kappa shape index (κ1) is 16.1. The Labute approximate surface area is 137 Å². The average Bonchev–Trinajstić information content (AvgIpc) is 3.17. The molecule has 4 nitrogen and oxygen atoms in total. The second kappa shape index (κ2) is 6.75. The number of carbonyl (C=O) groups is 1. The highest BCUT2D eigenvalue weighted by atomic mass is 16.5. The third-order valence-corrected chi connectivity index (χ3v) is 4.58. The van der Waals surface area contributed by atoms with E-state index >= 15 is 0 Å². The summed E-state index contributed by atoms with van der Waals surface area (Å²) in [6.07, 6.45) is 3.75. The topological polar surface area (TPSA) is 45.3 Å². The van der Waals surface area contributed by atoms with Crippen LogP contribution in [0.5, 0.6) is 0 Å². The van der Waals surface area contributed by atoms with Crippen LogP contribution in [0.2, 0.25) is 0 Å². The molecule has 0 unspecified atom stereocenters. The Kier molecular flexibility index (Phi) is 4.71. The van der Waals surface area contributed by atoms with E-state index in [4.69, 9.17) is 4.74 Å². The third kappa shape index (κ3) is 3.42. The molecule has 3 rings (SSSR count). The van der Waals surface area contributed by atoms with Crippen molar-refractivity contribution in [3.05, 3.63) is 30.5 Å². The largest absolute Gasteiger partial charge is 0.381 e. The fraction of sp³-hybridized carbons (Fsp3) is 0.526. The van der Waals surface area contributed by atoms with Crippen LogP contribution >= 0.6 is 0 Å². The second-order valence-electron chi connectivity index (χ2n) is 7.00. The lowest BCUT2D eigenvalue weighted by atomic mass is 9.99. The molecule has 4 heteroatoms. The van der Waals surface area contributed by atoms with E-state index in [0.717, 1.165) is 29.4 Å². The van der Waals surface area contributed by atoms with Crippen molar-refractivity contribution < 1.29 is 9.53 Å². The van der Waals surface area contributed by atoms with E-state index in [1.54, 1.807) is 0 Å². The second-order valence-corrected chi connectivity index (χ2v) is 7.00. The van der Waals surface area contributed by atoms with Crippen LogP contribution < -0.4 is 4.90 Å². The molecule has 1 aromatic heterocycles. The molecule has 0 spiro atoms. The van der Waals surface area contributed by atoms with Crippen molar-refractivity contribution in [2.45, 2.75) is 39.7 Å². The Morgan fingerprint density at radius 3 is 2.87 bits per heavy atom. The molecule has 1 N–H and O–H groups in total. The van der Waals surface area contributed by atoms with Gasteiger partial charge in [-0.1, -0.05) is 13.8 Å². The maximum absolute atomic E-state index is 13.1. The molecule has 2 atom stereocenters. The predicted octanol–water partition coefficient (Wildman–Crippen LogP) is 3.97. The monoisotopic (exact) mass is 314 g/mol. The van der Waals surface area contributed by atoms with Crippen molar-refractivity contribution in [1.82, 2.24) is 4.98 Å². The number of amides is 1. The summed E-state index contributed by atoms with van der Waals surface area (Å²) in [6, 6.07) is 8.44. The molecule has 1 saturated heterocycles. The van der Waals surface area contributed by atoms with Crippen LogP contribution in [0.1, 0.15) is 33.6 Å². The van der Waals surface area contributed by atoms with Crippen LogP contribution in [0, 0.1) is 11.8 Å². The number of fused-ring (bicyclic) bond motifs is 1. The number of benzene rings is 1. The molecule has 23 heavy (non-hydrogen) atoms. The number of H-pyrrole nitrogens is 1. The van der Waals surface area contributed by atoms with Crippen LogP contribution in [-0.2, 0) is 9.53 Å². The summed E-state index contributed by atoms with van der Waals surface area (Å²) in [4.78, 5) is 18.3. The number of hydrogen-bond donors (Lipinski definition) is 1. The van der Waals surface area contributed by atoms with Crippen LogP contribution in [0.4, 0.5) is 5.69 Å². The predicted molar refractivity (Wildman–Crippen MR) is 93.6 cm³/mol. The summed E-state index contributed by atoms with van der Waals surface area (Å²) in [5, 5.41) is 1.14. The van der Waals surface area contributed by atoms with Gasteiger partial charge in [0.05, 0.1) is 12.5 Å². The molecule has 0 saturated carbocycles. The third-order valence-electron chi connectivity index (χ3n) is 4.58. The number of nitrogens with one attached hydrogen (secondary N) is 1. The van der Waals surface area contributed by atoms with Gasteiger partial charge in [-0.25, -0.2) is 0 Å². The van der Waals surface area contributed by atoms with Crippen molar-refractivity contribution >= 4 is 22.5 Å². The van der Waals surface area contributed by atoms with Crippen LogP contribution in [-0.4, -0.2) is 30.1 Å². The number of ether oxygens (including phenoxy) is 1. The Morgan fingerprint density at radius 1 is 1.35 bits per heavy atom. The van der Waals surface area contributed by atoms with Gasteiger partial charge in [-0.05, 0) is 49.9 Å². The molecular weight excluding hydrogens is 288 g/mol. The molecule has 0 radical (unpaired) electrons. The van der Waals surface area contributed by atoms with Crippen LogP contribution in [0.3, 0.4) is 0 Å². The van der Waals surface area contributed by atoms with Gasteiger partial charge in [0.15, 0.2) is 0 Å². The zero-order chi connectivity index (χ0) is 16.4. The maximum atomic E-state index is 13.1. The standard InChI is InChI=1S/C19H26N2O2/c1-13(2)10-14(3)21(19(22)16-7-9-23-12-16)17-4-5-18-15(11-17)6-8-20-18/h4-6,8,11,13-14,16,20H,7,9-10,12H2,1-3H3/t14-,16-/m0/s1. The van der Waals surface area contributed by atoms with E-state index in [-0.39, 0.29) is 17.9 Å². The molecule has 1 fully saturated rings. The lowest BCUT2D eigenvalue weighted by Crippen LogP contribution is -2.43. The van der Waals surface area contributed by atoms with Gasteiger partial charge >= 0.3 is 0 Å². The molecule has 124 valence electrons. The molecule has 2 aromatic rings. The average molecular weight is 314 g/mol. The van der Waals surface area contributed by atoms with E-state index in [1.807, 2.05) is 23.2 Å². The first-order valence-electron chi connectivity index (χ1n) is 8.54. The van der Waals surface area contributed by atoms with Gasteiger partial charge in [-0.15, -0.1) is 0 Å². The van der Waals surface area contributed by atoms with Crippen molar-refractivity contribution in [3.8, 4) is 0 Å². The molecule has 0 bridgehead atoms. The Balaban J connectivity index is 1.93. The normalized spacial score (nSPS) is 19.4. The van der Waals surface area contributed by atoms with Crippen molar-refractivity contribution in [2.24, 2.45) is 11.8 Å². The molecular formula is C19H26N2O2. The first-order chi connectivity index (χ1) is 11.1. The molecule has 1 aliphatic heterocycles. The van der Waals surface area contributed by atoms with E-state index in [1.165, 1.54) is 0 Å².